The molecule has 0 aromatic carbocycles. The Hall–Kier alpha value is -3.63. The monoisotopic (exact) mass is 778 g/mol. The van der Waals surface area contributed by atoms with Gasteiger partial charge in [-0.1, -0.05) is 89.1 Å². The van der Waals surface area contributed by atoms with Gasteiger partial charge in [0.05, 0.1) is 31.5 Å². The maximum Gasteiger partial charge on any atom is 0.472 e. The van der Waals surface area contributed by atoms with Crippen LogP contribution in [0.1, 0.15) is 134 Å². The highest BCUT2D eigenvalue weighted by atomic mass is 31.2. The lowest BCUT2D eigenvalue weighted by molar-refractivity contribution is -0.116. The van der Waals surface area contributed by atoms with Crippen LogP contribution < -0.4 is 22.3 Å². The molecule has 0 spiro atoms. The number of phosphoric ester groups is 1. The van der Waals surface area contributed by atoms with Crippen molar-refractivity contribution in [2.75, 3.05) is 18.5 Å². The van der Waals surface area contributed by atoms with Gasteiger partial charge < -0.3 is 19.7 Å². The maximum atomic E-state index is 12.8. The van der Waals surface area contributed by atoms with Gasteiger partial charge in [-0.25, -0.2) is 14.2 Å². The molecule has 0 radical (unpaired) electrons. The number of amides is 1. The van der Waals surface area contributed by atoms with Crippen LogP contribution in [0, 0.1) is 6.92 Å². The summed E-state index contributed by atoms with van der Waals surface area (Å²) in [5.41, 5.74) is 7.37. The average molecular weight is 779 g/mol. The quantitative estimate of drug-likeness (QED) is 0.0351. The minimum Gasteiger partial charge on any atom is -0.352 e. The molecule has 2 fully saturated rings. The lowest BCUT2D eigenvalue weighted by atomic mass is 10.0. The highest BCUT2D eigenvalue weighted by Crippen LogP contribution is 2.45. The highest BCUT2D eigenvalue weighted by Gasteiger charge is 2.39. The number of H-pyrrole nitrogens is 1. The van der Waals surface area contributed by atoms with E-state index in [1.807, 2.05) is 0 Å². The first-order chi connectivity index (χ1) is 26.0. The minimum absolute atomic E-state index is 0.0540. The third-order valence-corrected chi connectivity index (χ3v) is 10.6. The normalized spacial score (nSPS) is 22.2. The fourth-order valence-electron chi connectivity index (χ4n) is 6.63. The van der Waals surface area contributed by atoms with Crippen LogP contribution >= 0.6 is 7.82 Å². The van der Waals surface area contributed by atoms with E-state index in [1.54, 1.807) is 0 Å². The van der Waals surface area contributed by atoms with Gasteiger partial charge in [-0.2, -0.15) is 4.98 Å². The van der Waals surface area contributed by atoms with Crippen molar-refractivity contribution in [1.82, 2.24) is 19.1 Å². The van der Waals surface area contributed by atoms with E-state index in [0.717, 1.165) is 23.8 Å². The number of hydrogen-bond acceptors (Lipinski definition) is 11. The van der Waals surface area contributed by atoms with Crippen molar-refractivity contribution >= 4 is 19.5 Å². The molecule has 18 nitrogen and oxygen atoms in total. The second kappa shape index (κ2) is 22.1. The molecular weight excluding hydrogens is 723 g/mol. The minimum atomic E-state index is -4.64. The number of carbonyl (C=O) groups is 1. The summed E-state index contributed by atoms with van der Waals surface area (Å²) in [4.78, 5) is 68.5. The number of nitrogens with zero attached hydrogens (tertiary/aromatic N) is 6. The number of ether oxygens (including phenoxy) is 2. The summed E-state index contributed by atoms with van der Waals surface area (Å²) in [5, 5.41) is 6.35. The molecule has 300 valence electrons. The van der Waals surface area contributed by atoms with Crippen molar-refractivity contribution in [3.63, 3.8) is 0 Å². The van der Waals surface area contributed by atoms with Gasteiger partial charge in [-0.05, 0) is 37.8 Å². The summed E-state index contributed by atoms with van der Waals surface area (Å²) in [6, 6.07) is 0.689. The number of aromatic nitrogens is 4. The molecule has 0 aliphatic carbocycles. The smallest absolute Gasteiger partial charge is 0.352 e. The standard InChI is InChI=1S/C35H55N8O10P/c1-3-4-5-6-7-8-9-10-11-12-13-14-15-16-30(44)37-29-19-20-42(34(46)38-29)31-18-17-26(52-31)23-50-54(48,49)51-24-28-27(40-41-36)21-32(53-28)43-22-25(2)33(45)39-35(43)47/h19-20,22,26-28,31-32H,3-18,21,23-24H2,1-2H3,(H,48,49)(H,39,45,47)(H,37,38,44,46)/t26-,27-,28+,31+,32-/m0/s1. The largest absolute Gasteiger partial charge is 0.472 e. The molecule has 3 N–H and O–H groups in total. The first-order valence-electron chi connectivity index (χ1n) is 19.2. The summed E-state index contributed by atoms with van der Waals surface area (Å²) in [7, 11) is -4.64. The highest BCUT2D eigenvalue weighted by molar-refractivity contribution is 7.47. The van der Waals surface area contributed by atoms with E-state index in [0.29, 0.717) is 19.3 Å². The van der Waals surface area contributed by atoms with Gasteiger partial charge in [-0.15, -0.1) is 0 Å². The zero-order chi connectivity index (χ0) is 38.9. The first kappa shape index (κ1) is 43.1. The molecule has 19 heteroatoms. The molecular formula is C35H55N8O10P. The van der Waals surface area contributed by atoms with Crippen LogP contribution in [0.4, 0.5) is 5.82 Å². The van der Waals surface area contributed by atoms with E-state index < -0.39 is 62.1 Å². The van der Waals surface area contributed by atoms with Crippen LogP contribution in [-0.4, -0.2) is 61.4 Å². The molecule has 6 atom stereocenters. The van der Waals surface area contributed by atoms with Gasteiger partial charge in [-0.3, -0.25) is 32.8 Å². The van der Waals surface area contributed by atoms with Crippen molar-refractivity contribution in [2.45, 2.75) is 154 Å². The van der Waals surface area contributed by atoms with Crippen molar-refractivity contribution in [3.8, 4) is 0 Å². The first-order valence-corrected chi connectivity index (χ1v) is 20.7. The predicted molar refractivity (Wildman–Crippen MR) is 200 cm³/mol. The predicted octanol–water partition coefficient (Wildman–Crippen LogP) is 6.30. The molecule has 4 heterocycles. The van der Waals surface area contributed by atoms with Gasteiger partial charge in [0.2, 0.25) is 5.91 Å². The van der Waals surface area contributed by atoms with Crippen LogP contribution in [-0.2, 0) is 27.9 Å². The molecule has 54 heavy (non-hydrogen) atoms. The van der Waals surface area contributed by atoms with Crippen LogP contribution in [0.25, 0.3) is 10.4 Å². The second-order valence-corrected chi connectivity index (χ2v) is 15.5. The Kier molecular flexibility index (Phi) is 17.6. The average Bonchev–Trinajstić information content (AvgIpc) is 3.77. The number of aromatic amines is 1. The Morgan fingerprint density at radius 1 is 1.00 bits per heavy atom. The number of anilines is 1. The lowest BCUT2D eigenvalue weighted by Gasteiger charge is -2.20. The van der Waals surface area contributed by atoms with Crippen LogP contribution in [0.2, 0.25) is 0 Å². The van der Waals surface area contributed by atoms with Crippen molar-refractivity contribution in [1.29, 1.82) is 0 Å². The van der Waals surface area contributed by atoms with Gasteiger partial charge in [0.15, 0.2) is 0 Å². The Labute approximate surface area is 314 Å². The molecule has 0 saturated carbocycles. The van der Waals surface area contributed by atoms with Crippen LogP contribution in [0.5, 0.6) is 0 Å². The molecule has 2 aliphatic heterocycles. The SMILES string of the molecule is CCCCCCCCCCCCCCCC(=O)Nc1ccn([C@H]2CC[C@@H](COP(=O)(O)OC[C@H]3O[C@H](n4cc(C)c(=O)[nH]c4=O)C[C@@H]3N=[N+]=[N-])O2)c(=O)n1. The van der Waals surface area contributed by atoms with Gasteiger partial charge in [0.25, 0.3) is 5.56 Å². The van der Waals surface area contributed by atoms with E-state index in [2.05, 4.69) is 32.2 Å². The molecule has 4 rings (SSSR count). The third-order valence-electron chi connectivity index (χ3n) is 9.69. The Balaban J connectivity index is 1.13. The van der Waals surface area contributed by atoms with Crippen molar-refractivity contribution < 1.29 is 32.8 Å². The number of unbranched alkanes of at least 4 members (excludes halogenated alkanes) is 12. The number of nitrogens with one attached hydrogen (secondary N) is 2. The molecule has 2 aliphatic rings. The van der Waals surface area contributed by atoms with Crippen LogP contribution in [0.15, 0.2) is 38.0 Å². The third kappa shape index (κ3) is 13.9. The molecule has 2 saturated heterocycles. The Morgan fingerprint density at radius 3 is 2.30 bits per heavy atom. The zero-order valence-corrected chi connectivity index (χ0v) is 32.2. The molecule has 2 aromatic heterocycles. The summed E-state index contributed by atoms with van der Waals surface area (Å²) < 4.78 is 37.1. The van der Waals surface area contributed by atoms with Gasteiger partial charge in [0, 0.05) is 35.7 Å². The Morgan fingerprint density at radius 2 is 1.65 bits per heavy atom. The summed E-state index contributed by atoms with van der Waals surface area (Å²) in [6.07, 6.45) is 16.7. The van der Waals surface area contributed by atoms with E-state index in [4.69, 9.17) is 24.1 Å². The van der Waals surface area contributed by atoms with Crippen molar-refractivity contribution in [2.24, 2.45) is 5.11 Å². The molecule has 1 unspecified atom stereocenters. The maximum absolute atomic E-state index is 12.8. The summed E-state index contributed by atoms with van der Waals surface area (Å²) >= 11 is 0. The summed E-state index contributed by atoms with van der Waals surface area (Å²) in [5.74, 6) is -0.0343. The Bertz CT molecular complexity index is 1780. The fraction of sp³-hybridized carbons (Fsp3) is 0.743. The number of aryl methyl sites for hydroxylation is 1. The van der Waals surface area contributed by atoms with Crippen LogP contribution in [0.3, 0.4) is 0 Å². The van der Waals surface area contributed by atoms with E-state index in [9.17, 15) is 28.6 Å². The number of phosphoric acid groups is 1. The van der Waals surface area contributed by atoms with Gasteiger partial charge in [0.1, 0.15) is 18.3 Å². The van der Waals surface area contributed by atoms with E-state index in [1.165, 1.54) is 94.2 Å². The number of hydrogen-bond donors (Lipinski definition) is 3. The number of carbonyl (C=O) groups excluding carboxylic acids is 1. The lowest BCUT2D eigenvalue weighted by Crippen LogP contribution is -2.33. The number of rotatable bonds is 24. The van der Waals surface area contributed by atoms with E-state index in [-0.39, 0.29) is 30.3 Å². The topological polar surface area (TPSA) is 242 Å². The van der Waals surface area contributed by atoms with Crippen molar-refractivity contribution in [3.05, 3.63) is 65.8 Å². The fourth-order valence-corrected chi connectivity index (χ4v) is 7.39. The molecule has 0 bridgehead atoms. The van der Waals surface area contributed by atoms with E-state index >= 15 is 0 Å². The molecule has 2 aromatic rings. The number of azide groups is 1. The van der Waals surface area contributed by atoms with Gasteiger partial charge >= 0.3 is 19.2 Å². The molecule has 1 amide bonds. The second-order valence-electron chi connectivity index (χ2n) is 14.0. The zero-order valence-electron chi connectivity index (χ0n) is 31.3. The summed E-state index contributed by atoms with van der Waals surface area (Å²) in [6.45, 7) is 2.93.